The molecule has 1 aliphatic heterocycles. The highest BCUT2D eigenvalue weighted by Gasteiger charge is 2.19. The molecule has 1 saturated heterocycles. The number of rotatable bonds is 2. The Labute approximate surface area is 123 Å². The zero-order valence-corrected chi connectivity index (χ0v) is 12.2. The summed E-state index contributed by atoms with van der Waals surface area (Å²) >= 11 is 0. The average Bonchev–Trinajstić information content (AvgIpc) is 2.78. The van der Waals surface area contributed by atoms with Gasteiger partial charge in [-0.05, 0) is 31.9 Å². The van der Waals surface area contributed by atoms with Gasteiger partial charge >= 0.3 is 0 Å². The molecular weight excluding hydrogens is 266 g/mol. The minimum Gasteiger partial charge on any atom is -0.337 e. The molecule has 21 heavy (non-hydrogen) atoms. The minimum absolute atomic E-state index is 0.0155. The van der Waals surface area contributed by atoms with Gasteiger partial charge < -0.3 is 4.90 Å². The van der Waals surface area contributed by atoms with Gasteiger partial charge in [0, 0.05) is 25.5 Å². The van der Waals surface area contributed by atoms with E-state index >= 15 is 0 Å². The molecule has 2 aromatic rings. The third kappa shape index (κ3) is 2.94. The summed E-state index contributed by atoms with van der Waals surface area (Å²) in [5, 5.41) is 8.24. The van der Waals surface area contributed by atoms with E-state index in [4.69, 9.17) is 0 Å². The highest BCUT2D eigenvalue weighted by atomic mass is 16.2. The van der Waals surface area contributed by atoms with Crippen LogP contribution in [0.3, 0.4) is 0 Å². The zero-order chi connectivity index (χ0) is 14.7. The molecule has 3 rings (SSSR count). The topological polar surface area (TPSA) is 63.9 Å². The van der Waals surface area contributed by atoms with Gasteiger partial charge in [-0.25, -0.2) is 4.98 Å². The maximum absolute atomic E-state index is 12.4. The standard InChI is InChI=1S/C15H19N5O/c1-12-16-8-11-20(12)14-7-6-13(17-18-14)15(21)19-9-4-2-3-5-10-19/h6-8,11H,2-5,9-10H2,1H3. The highest BCUT2D eigenvalue weighted by Crippen LogP contribution is 2.13. The van der Waals surface area contributed by atoms with Crippen LogP contribution >= 0.6 is 0 Å². The number of carbonyl (C=O) groups is 1. The molecule has 6 heteroatoms. The van der Waals surface area contributed by atoms with Crippen molar-refractivity contribution in [1.29, 1.82) is 0 Å². The third-order valence-corrected chi connectivity index (χ3v) is 3.84. The second-order valence-corrected chi connectivity index (χ2v) is 5.33. The van der Waals surface area contributed by atoms with Crippen LogP contribution in [0.1, 0.15) is 42.0 Å². The van der Waals surface area contributed by atoms with E-state index in [-0.39, 0.29) is 5.91 Å². The predicted octanol–water partition coefficient (Wildman–Crippen LogP) is 1.99. The molecule has 1 aliphatic rings. The lowest BCUT2D eigenvalue weighted by atomic mass is 10.2. The molecule has 0 N–H and O–H groups in total. The summed E-state index contributed by atoms with van der Waals surface area (Å²) in [5.41, 5.74) is 0.415. The maximum atomic E-state index is 12.4. The number of likely N-dealkylation sites (tertiary alicyclic amines) is 1. The van der Waals surface area contributed by atoms with Crippen LogP contribution in [-0.2, 0) is 0 Å². The molecule has 0 bridgehead atoms. The Kier molecular flexibility index (Phi) is 3.94. The van der Waals surface area contributed by atoms with Crippen LogP contribution in [0.15, 0.2) is 24.5 Å². The molecule has 3 heterocycles. The Hall–Kier alpha value is -2.24. The van der Waals surface area contributed by atoms with Gasteiger partial charge in [-0.2, -0.15) is 0 Å². The van der Waals surface area contributed by atoms with E-state index in [1.807, 2.05) is 28.7 Å². The van der Waals surface area contributed by atoms with Crippen molar-refractivity contribution < 1.29 is 4.79 Å². The second-order valence-electron chi connectivity index (χ2n) is 5.33. The highest BCUT2D eigenvalue weighted by molar-refractivity contribution is 5.92. The molecule has 110 valence electrons. The first-order chi connectivity index (χ1) is 10.3. The van der Waals surface area contributed by atoms with Gasteiger partial charge in [0.25, 0.3) is 5.91 Å². The number of aromatic nitrogens is 4. The van der Waals surface area contributed by atoms with Crippen molar-refractivity contribution in [2.75, 3.05) is 13.1 Å². The zero-order valence-electron chi connectivity index (χ0n) is 12.2. The van der Waals surface area contributed by atoms with E-state index in [0.29, 0.717) is 11.5 Å². The van der Waals surface area contributed by atoms with Gasteiger partial charge in [-0.3, -0.25) is 9.36 Å². The molecular formula is C15H19N5O. The summed E-state index contributed by atoms with van der Waals surface area (Å²) in [6.45, 7) is 3.55. The van der Waals surface area contributed by atoms with E-state index in [1.54, 1.807) is 12.3 Å². The van der Waals surface area contributed by atoms with Crippen molar-refractivity contribution in [3.05, 3.63) is 36.0 Å². The van der Waals surface area contributed by atoms with Crippen LogP contribution < -0.4 is 0 Å². The Morgan fingerprint density at radius 3 is 2.43 bits per heavy atom. The molecule has 0 unspecified atom stereocenters. The number of hydrogen-bond acceptors (Lipinski definition) is 4. The summed E-state index contributed by atoms with van der Waals surface area (Å²) in [6, 6.07) is 3.56. The number of aryl methyl sites for hydroxylation is 1. The Morgan fingerprint density at radius 1 is 1.10 bits per heavy atom. The number of carbonyl (C=O) groups excluding carboxylic acids is 1. The van der Waals surface area contributed by atoms with Gasteiger partial charge in [0.05, 0.1) is 0 Å². The van der Waals surface area contributed by atoms with Crippen molar-refractivity contribution in [3.63, 3.8) is 0 Å². The molecule has 1 fully saturated rings. The summed E-state index contributed by atoms with van der Waals surface area (Å²) in [5.74, 6) is 1.51. The molecule has 1 amide bonds. The van der Waals surface area contributed by atoms with E-state index < -0.39 is 0 Å². The molecule has 0 aliphatic carbocycles. The van der Waals surface area contributed by atoms with Crippen molar-refractivity contribution in [1.82, 2.24) is 24.6 Å². The lowest BCUT2D eigenvalue weighted by molar-refractivity contribution is 0.0754. The van der Waals surface area contributed by atoms with Crippen molar-refractivity contribution in [2.45, 2.75) is 32.6 Å². The monoisotopic (exact) mass is 285 g/mol. The molecule has 0 spiro atoms. The SMILES string of the molecule is Cc1nccn1-c1ccc(C(=O)N2CCCCCC2)nn1. The first kappa shape index (κ1) is 13.7. The fraction of sp³-hybridized carbons (Fsp3) is 0.467. The molecule has 0 atom stereocenters. The second kappa shape index (κ2) is 6.03. The summed E-state index contributed by atoms with van der Waals surface area (Å²) < 4.78 is 1.84. The Morgan fingerprint density at radius 2 is 1.86 bits per heavy atom. The van der Waals surface area contributed by atoms with Crippen molar-refractivity contribution >= 4 is 5.91 Å². The van der Waals surface area contributed by atoms with E-state index in [1.165, 1.54) is 12.8 Å². The molecule has 0 aromatic carbocycles. The predicted molar refractivity (Wildman–Crippen MR) is 78.3 cm³/mol. The van der Waals surface area contributed by atoms with Crippen LogP contribution in [0, 0.1) is 6.92 Å². The minimum atomic E-state index is -0.0155. The van der Waals surface area contributed by atoms with Crippen LogP contribution in [0.25, 0.3) is 5.82 Å². The number of nitrogens with zero attached hydrogens (tertiary/aromatic N) is 5. The van der Waals surface area contributed by atoms with Gasteiger partial charge in [-0.1, -0.05) is 12.8 Å². The van der Waals surface area contributed by atoms with E-state index in [0.717, 1.165) is 31.8 Å². The van der Waals surface area contributed by atoms with Crippen LogP contribution in [0.2, 0.25) is 0 Å². The molecule has 0 saturated carbocycles. The lowest BCUT2D eigenvalue weighted by Crippen LogP contribution is -2.32. The Balaban J connectivity index is 1.77. The number of amides is 1. The Bertz CT molecular complexity index is 611. The van der Waals surface area contributed by atoms with Crippen molar-refractivity contribution in [2.24, 2.45) is 0 Å². The normalized spacial score (nSPS) is 15.8. The smallest absolute Gasteiger partial charge is 0.274 e. The molecule has 0 radical (unpaired) electrons. The summed E-state index contributed by atoms with van der Waals surface area (Å²) in [4.78, 5) is 18.5. The lowest BCUT2D eigenvalue weighted by Gasteiger charge is -2.19. The number of imidazole rings is 1. The van der Waals surface area contributed by atoms with E-state index in [9.17, 15) is 4.79 Å². The van der Waals surface area contributed by atoms with Gasteiger partial charge in [-0.15, -0.1) is 10.2 Å². The van der Waals surface area contributed by atoms with E-state index in [2.05, 4.69) is 15.2 Å². The molecule has 2 aromatic heterocycles. The van der Waals surface area contributed by atoms with Gasteiger partial charge in [0.15, 0.2) is 11.5 Å². The van der Waals surface area contributed by atoms with Gasteiger partial charge in [0.2, 0.25) is 0 Å². The fourth-order valence-corrected chi connectivity index (χ4v) is 2.62. The van der Waals surface area contributed by atoms with Crippen LogP contribution in [0.5, 0.6) is 0 Å². The molecule has 6 nitrogen and oxygen atoms in total. The van der Waals surface area contributed by atoms with Gasteiger partial charge in [0.1, 0.15) is 5.82 Å². The quantitative estimate of drug-likeness (QED) is 0.846. The maximum Gasteiger partial charge on any atom is 0.274 e. The first-order valence-electron chi connectivity index (χ1n) is 7.39. The van der Waals surface area contributed by atoms with Crippen LogP contribution in [0.4, 0.5) is 0 Å². The average molecular weight is 285 g/mol. The third-order valence-electron chi connectivity index (χ3n) is 3.84. The fourth-order valence-electron chi connectivity index (χ4n) is 2.62. The summed E-state index contributed by atoms with van der Waals surface area (Å²) in [6.07, 6.45) is 8.10. The van der Waals surface area contributed by atoms with Crippen molar-refractivity contribution in [3.8, 4) is 5.82 Å². The number of hydrogen-bond donors (Lipinski definition) is 0. The first-order valence-corrected chi connectivity index (χ1v) is 7.39. The summed E-state index contributed by atoms with van der Waals surface area (Å²) in [7, 11) is 0. The van der Waals surface area contributed by atoms with Crippen LogP contribution in [-0.4, -0.2) is 43.6 Å². The largest absolute Gasteiger partial charge is 0.337 e.